The second kappa shape index (κ2) is 4.86. The van der Waals surface area contributed by atoms with Gasteiger partial charge in [-0.25, -0.2) is 9.97 Å². The predicted octanol–water partition coefficient (Wildman–Crippen LogP) is 2.93. The first-order valence-electron chi connectivity index (χ1n) is 6.16. The van der Waals surface area contributed by atoms with Gasteiger partial charge in [0.15, 0.2) is 5.82 Å². The average Bonchev–Trinajstić information content (AvgIpc) is 2.38. The zero-order valence-corrected chi connectivity index (χ0v) is 11.0. The molecular formula is C15H18N2O. The van der Waals surface area contributed by atoms with E-state index in [2.05, 4.69) is 41.2 Å². The van der Waals surface area contributed by atoms with Gasteiger partial charge in [-0.15, -0.1) is 0 Å². The zero-order chi connectivity index (χ0) is 13.2. The smallest absolute Gasteiger partial charge is 0.159 e. The molecule has 0 aliphatic carbocycles. The van der Waals surface area contributed by atoms with Gasteiger partial charge in [-0.3, -0.25) is 0 Å². The minimum atomic E-state index is -1.01. The lowest BCUT2D eigenvalue weighted by Crippen LogP contribution is -2.19. The average molecular weight is 242 g/mol. The molecule has 2 rings (SSSR count). The molecule has 0 unspecified atom stereocenters. The standard InChI is InChI=1S/C15H18N2O/c1-4-11-5-7-12(8-6-11)13-9-10-16-14(17-13)15(2,3)18/h5-10,18H,4H2,1-3H3. The Labute approximate surface area is 108 Å². The van der Waals surface area contributed by atoms with Crippen LogP contribution in [0.5, 0.6) is 0 Å². The highest BCUT2D eigenvalue weighted by molar-refractivity contribution is 5.59. The Bertz CT molecular complexity index is 527. The maximum Gasteiger partial charge on any atom is 0.159 e. The minimum Gasteiger partial charge on any atom is -0.382 e. The van der Waals surface area contributed by atoms with Crippen molar-refractivity contribution < 1.29 is 5.11 Å². The Morgan fingerprint density at radius 1 is 1.11 bits per heavy atom. The molecule has 0 radical (unpaired) electrons. The van der Waals surface area contributed by atoms with Crippen LogP contribution in [0, 0.1) is 0 Å². The third-order valence-corrected chi connectivity index (χ3v) is 2.86. The van der Waals surface area contributed by atoms with Crippen LogP contribution in [0.3, 0.4) is 0 Å². The van der Waals surface area contributed by atoms with Crippen LogP contribution in [-0.4, -0.2) is 15.1 Å². The van der Waals surface area contributed by atoms with E-state index in [-0.39, 0.29) is 0 Å². The zero-order valence-electron chi connectivity index (χ0n) is 11.0. The third kappa shape index (κ3) is 2.74. The van der Waals surface area contributed by atoms with Crippen molar-refractivity contribution in [2.24, 2.45) is 0 Å². The Balaban J connectivity index is 2.38. The van der Waals surface area contributed by atoms with E-state index in [1.54, 1.807) is 20.0 Å². The lowest BCUT2D eigenvalue weighted by Gasteiger charge is -2.15. The molecular weight excluding hydrogens is 224 g/mol. The molecule has 3 heteroatoms. The van der Waals surface area contributed by atoms with E-state index in [1.165, 1.54) is 5.56 Å². The van der Waals surface area contributed by atoms with Crippen molar-refractivity contribution in [1.29, 1.82) is 0 Å². The summed E-state index contributed by atoms with van der Waals surface area (Å²) in [6.45, 7) is 5.50. The van der Waals surface area contributed by atoms with Gasteiger partial charge in [0.1, 0.15) is 5.60 Å². The van der Waals surface area contributed by atoms with Crippen molar-refractivity contribution in [3.63, 3.8) is 0 Å². The Kier molecular flexibility index (Phi) is 3.43. The van der Waals surface area contributed by atoms with Crippen molar-refractivity contribution >= 4 is 0 Å². The Morgan fingerprint density at radius 2 is 1.78 bits per heavy atom. The molecule has 1 heterocycles. The lowest BCUT2D eigenvalue weighted by atomic mass is 10.1. The molecule has 0 fully saturated rings. The SMILES string of the molecule is CCc1ccc(-c2ccnc(C(C)(C)O)n2)cc1. The fourth-order valence-electron chi connectivity index (χ4n) is 1.73. The van der Waals surface area contributed by atoms with Gasteiger partial charge in [-0.05, 0) is 31.9 Å². The molecule has 3 nitrogen and oxygen atoms in total. The molecule has 0 spiro atoms. The number of aromatic nitrogens is 2. The summed E-state index contributed by atoms with van der Waals surface area (Å²) in [4.78, 5) is 8.52. The lowest BCUT2D eigenvalue weighted by molar-refractivity contribution is 0.0688. The molecule has 0 bridgehead atoms. The molecule has 2 aromatic rings. The molecule has 0 atom stereocenters. The topological polar surface area (TPSA) is 46.0 Å². The molecule has 0 aliphatic rings. The van der Waals surface area contributed by atoms with Crippen molar-refractivity contribution in [2.75, 3.05) is 0 Å². The van der Waals surface area contributed by atoms with Crippen LogP contribution in [0.25, 0.3) is 11.3 Å². The molecule has 0 amide bonds. The highest BCUT2D eigenvalue weighted by Gasteiger charge is 2.19. The van der Waals surface area contributed by atoms with E-state index >= 15 is 0 Å². The van der Waals surface area contributed by atoms with Gasteiger partial charge in [-0.1, -0.05) is 31.2 Å². The van der Waals surface area contributed by atoms with Gasteiger partial charge in [-0.2, -0.15) is 0 Å². The third-order valence-electron chi connectivity index (χ3n) is 2.86. The van der Waals surface area contributed by atoms with E-state index in [9.17, 15) is 5.11 Å². The second-order valence-corrected chi connectivity index (χ2v) is 4.87. The maximum absolute atomic E-state index is 9.92. The van der Waals surface area contributed by atoms with Crippen LogP contribution >= 0.6 is 0 Å². The first kappa shape index (κ1) is 12.7. The van der Waals surface area contributed by atoms with E-state index in [0.717, 1.165) is 17.7 Å². The van der Waals surface area contributed by atoms with Crippen LogP contribution in [0.2, 0.25) is 0 Å². The van der Waals surface area contributed by atoms with Crippen molar-refractivity contribution in [2.45, 2.75) is 32.8 Å². The van der Waals surface area contributed by atoms with Gasteiger partial charge in [0.25, 0.3) is 0 Å². The Hall–Kier alpha value is -1.74. The molecule has 1 aromatic carbocycles. The van der Waals surface area contributed by atoms with Gasteiger partial charge >= 0.3 is 0 Å². The summed E-state index contributed by atoms with van der Waals surface area (Å²) in [7, 11) is 0. The van der Waals surface area contributed by atoms with E-state index in [0.29, 0.717) is 5.82 Å². The summed E-state index contributed by atoms with van der Waals surface area (Å²) in [6.07, 6.45) is 2.71. The summed E-state index contributed by atoms with van der Waals surface area (Å²) in [5.41, 5.74) is 2.17. The normalized spacial score (nSPS) is 11.6. The minimum absolute atomic E-state index is 0.444. The number of nitrogens with zero attached hydrogens (tertiary/aromatic N) is 2. The number of hydrogen-bond donors (Lipinski definition) is 1. The molecule has 18 heavy (non-hydrogen) atoms. The van der Waals surface area contributed by atoms with Gasteiger partial charge in [0.05, 0.1) is 5.69 Å². The predicted molar refractivity (Wildman–Crippen MR) is 72.1 cm³/mol. The Morgan fingerprint density at radius 3 is 2.33 bits per heavy atom. The molecule has 0 saturated carbocycles. The van der Waals surface area contributed by atoms with Gasteiger partial charge in [0, 0.05) is 11.8 Å². The van der Waals surface area contributed by atoms with Crippen LogP contribution in [0.1, 0.15) is 32.2 Å². The number of benzene rings is 1. The summed E-state index contributed by atoms with van der Waals surface area (Å²) in [5, 5.41) is 9.92. The van der Waals surface area contributed by atoms with Gasteiger partial charge < -0.3 is 5.11 Å². The number of aryl methyl sites for hydroxylation is 1. The largest absolute Gasteiger partial charge is 0.382 e. The molecule has 1 aromatic heterocycles. The quantitative estimate of drug-likeness (QED) is 0.900. The summed E-state index contributed by atoms with van der Waals surface area (Å²) < 4.78 is 0. The number of aliphatic hydroxyl groups is 1. The van der Waals surface area contributed by atoms with Crippen LogP contribution in [0.4, 0.5) is 0 Å². The fraction of sp³-hybridized carbons (Fsp3) is 0.333. The van der Waals surface area contributed by atoms with E-state index < -0.39 is 5.60 Å². The molecule has 0 saturated heterocycles. The van der Waals surface area contributed by atoms with E-state index in [1.807, 2.05) is 6.07 Å². The monoisotopic (exact) mass is 242 g/mol. The first-order valence-corrected chi connectivity index (χ1v) is 6.16. The summed E-state index contributed by atoms with van der Waals surface area (Å²) in [5.74, 6) is 0.444. The van der Waals surface area contributed by atoms with Crippen molar-refractivity contribution in [1.82, 2.24) is 9.97 Å². The van der Waals surface area contributed by atoms with E-state index in [4.69, 9.17) is 0 Å². The molecule has 94 valence electrons. The summed E-state index contributed by atoms with van der Waals surface area (Å²) >= 11 is 0. The van der Waals surface area contributed by atoms with Gasteiger partial charge in [0.2, 0.25) is 0 Å². The maximum atomic E-state index is 9.92. The highest BCUT2D eigenvalue weighted by Crippen LogP contribution is 2.21. The fourth-order valence-corrected chi connectivity index (χ4v) is 1.73. The second-order valence-electron chi connectivity index (χ2n) is 4.87. The van der Waals surface area contributed by atoms with Crippen LogP contribution in [-0.2, 0) is 12.0 Å². The van der Waals surface area contributed by atoms with Crippen molar-refractivity contribution in [3.05, 3.63) is 47.9 Å². The first-order chi connectivity index (χ1) is 8.50. The molecule has 0 aliphatic heterocycles. The summed E-state index contributed by atoms with van der Waals surface area (Å²) in [6, 6.07) is 10.2. The van der Waals surface area contributed by atoms with Crippen LogP contribution in [0.15, 0.2) is 36.5 Å². The van der Waals surface area contributed by atoms with Crippen LogP contribution < -0.4 is 0 Å². The number of rotatable bonds is 3. The number of hydrogen-bond acceptors (Lipinski definition) is 3. The van der Waals surface area contributed by atoms with Crippen molar-refractivity contribution in [3.8, 4) is 11.3 Å². The molecule has 1 N–H and O–H groups in total. The highest BCUT2D eigenvalue weighted by atomic mass is 16.3.